The van der Waals surface area contributed by atoms with Crippen molar-refractivity contribution in [3.8, 4) is 6.07 Å². The highest BCUT2D eigenvalue weighted by molar-refractivity contribution is 5.96. The third-order valence-electron chi connectivity index (χ3n) is 6.98. The van der Waals surface area contributed by atoms with Gasteiger partial charge in [0.15, 0.2) is 0 Å². The van der Waals surface area contributed by atoms with Gasteiger partial charge in [0, 0.05) is 61.8 Å². The predicted molar refractivity (Wildman–Crippen MR) is 127 cm³/mol. The first-order valence-electron chi connectivity index (χ1n) is 11.1. The molecule has 0 aromatic carbocycles. The van der Waals surface area contributed by atoms with Crippen LogP contribution in [0.15, 0.2) is 66.6 Å². The lowest BCUT2D eigenvalue weighted by atomic mass is 9.76. The first-order chi connectivity index (χ1) is 15.7. The van der Waals surface area contributed by atoms with E-state index in [9.17, 15) is 5.26 Å². The molecule has 4 aromatic rings. The van der Waals surface area contributed by atoms with Gasteiger partial charge >= 0.3 is 0 Å². The minimum Gasteiger partial charge on any atom is -0.356 e. The van der Waals surface area contributed by atoms with Crippen LogP contribution < -0.4 is 4.90 Å². The van der Waals surface area contributed by atoms with Crippen LogP contribution in [0.2, 0.25) is 0 Å². The van der Waals surface area contributed by atoms with Crippen molar-refractivity contribution in [2.24, 2.45) is 18.9 Å². The molecule has 32 heavy (non-hydrogen) atoms. The van der Waals surface area contributed by atoms with E-state index in [-0.39, 0.29) is 5.92 Å². The Hall–Kier alpha value is -3.85. The van der Waals surface area contributed by atoms with E-state index in [1.807, 2.05) is 30.1 Å². The van der Waals surface area contributed by atoms with E-state index in [1.54, 1.807) is 0 Å². The molecule has 1 aliphatic heterocycles. The number of rotatable bonds is 5. The molecule has 2 atom stereocenters. The minimum absolute atomic E-state index is 0.260. The topological polar surface area (TPSA) is 73.5 Å². The van der Waals surface area contributed by atoms with Crippen molar-refractivity contribution in [2.45, 2.75) is 12.8 Å². The Kier molecular flexibility index (Phi) is 4.36. The number of allylic oxidation sites excluding steroid dienone is 4. The molecule has 1 N–H and O–H groups in total. The van der Waals surface area contributed by atoms with Gasteiger partial charge in [0.1, 0.15) is 17.1 Å². The zero-order valence-electron chi connectivity index (χ0n) is 18.0. The molecule has 6 rings (SSSR count). The minimum atomic E-state index is 0.260. The SMILES string of the molecule is Cn1ccc2c(C3=CC(C(CC#N)C4CCN(c5ccc6cc[nH]c6n5)C4)=C3)ccnc21. The average molecular weight is 421 g/mol. The molecule has 0 radical (unpaired) electrons. The number of hydrogen-bond acceptors (Lipinski definition) is 4. The first kappa shape index (κ1) is 18.9. The monoisotopic (exact) mass is 420 g/mol. The number of aromatic nitrogens is 4. The molecule has 0 bridgehead atoms. The van der Waals surface area contributed by atoms with Gasteiger partial charge in [-0.2, -0.15) is 5.26 Å². The van der Waals surface area contributed by atoms with Gasteiger partial charge in [0.25, 0.3) is 0 Å². The van der Waals surface area contributed by atoms with Crippen LogP contribution in [-0.4, -0.2) is 32.6 Å². The summed E-state index contributed by atoms with van der Waals surface area (Å²) in [5.41, 5.74) is 5.67. The van der Waals surface area contributed by atoms with Crippen molar-refractivity contribution in [2.75, 3.05) is 18.0 Å². The van der Waals surface area contributed by atoms with Crippen molar-refractivity contribution in [3.63, 3.8) is 0 Å². The van der Waals surface area contributed by atoms with Crippen molar-refractivity contribution < 1.29 is 0 Å². The van der Waals surface area contributed by atoms with E-state index in [0.29, 0.717) is 12.3 Å². The molecule has 6 nitrogen and oxygen atoms in total. The van der Waals surface area contributed by atoms with Crippen LogP contribution in [0.4, 0.5) is 5.82 Å². The van der Waals surface area contributed by atoms with E-state index >= 15 is 0 Å². The van der Waals surface area contributed by atoms with Crippen LogP contribution in [0.3, 0.4) is 0 Å². The number of anilines is 1. The second-order valence-corrected chi connectivity index (χ2v) is 8.81. The Morgan fingerprint density at radius 2 is 2.12 bits per heavy atom. The van der Waals surface area contributed by atoms with Gasteiger partial charge in [0.05, 0.1) is 6.07 Å². The molecule has 1 saturated heterocycles. The quantitative estimate of drug-likeness (QED) is 0.502. The summed E-state index contributed by atoms with van der Waals surface area (Å²) >= 11 is 0. The van der Waals surface area contributed by atoms with Gasteiger partial charge in [-0.05, 0) is 59.4 Å². The molecule has 4 aromatic heterocycles. The smallest absolute Gasteiger partial charge is 0.140 e. The largest absolute Gasteiger partial charge is 0.356 e. The maximum atomic E-state index is 9.53. The van der Waals surface area contributed by atoms with Gasteiger partial charge in [-0.25, -0.2) is 9.97 Å². The maximum absolute atomic E-state index is 9.53. The highest BCUT2D eigenvalue weighted by Gasteiger charge is 2.33. The average Bonchev–Trinajstić information content (AvgIpc) is 3.52. The van der Waals surface area contributed by atoms with Gasteiger partial charge in [-0.3, -0.25) is 0 Å². The fourth-order valence-corrected chi connectivity index (χ4v) is 5.21. The number of H-pyrrole nitrogens is 1. The molecule has 158 valence electrons. The molecule has 5 heterocycles. The van der Waals surface area contributed by atoms with Crippen molar-refractivity contribution >= 4 is 33.5 Å². The Balaban J connectivity index is 1.21. The third-order valence-corrected chi connectivity index (χ3v) is 6.98. The molecule has 1 fully saturated rings. The molecule has 6 heteroatoms. The Morgan fingerprint density at radius 1 is 1.22 bits per heavy atom. The lowest BCUT2D eigenvalue weighted by Crippen LogP contribution is -2.25. The van der Waals surface area contributed by atoms with Crippen LogP contribution in [-0.2, 0) is 7.05 Å². The first-order valence-corrected chi connectivity index (χ1v) is 11.1. The number of aryl methyl sites for hydroxylation is 1. The summed E-state index contributed by atoms with van der Waals surface area (Å²) in [6.07, 6.45) is 12.0. The third kappa shape index (κ3) is 3.01. The van der Waals surface area contributed by atoms with Gasteiger partial charge < -0.3 is 14.5 Å². The summed E-state index contributed by atoms with van der Waals surface area (Å²) in [6, 6.07) is 12.9. The molecular weight excluding hydrogens is 396 g/mol. The van der Waals surface area contributed by atoms with Crippen LogP contribution in [0.5, 0.6) is 0 Å². The number of aromatic amines is 1. The zero-order valence-corrected chi connectivity index (χ0v) is 18.0. The number of nitrogens with zero attached hydrogens (tertiary/aromatic N) is 5. The standard InChI is InChI=1S/C26H24N6/c1-31-12-8-23-22(6-11-29-26(23)31)20-14-19(15-20)21(4-9-27)18-7-13-32(16-18)24-3-2-17-5-10-28-25(17)30-24/h2-3,5-6,8,10-12,14-15,18,21H,4,7,13,16H2,1H3,(H,28,30). The maximum Gasteiger partial charge on any atom is 0.140 e. The Bertz CT molecular complexity index is 1430. The van der Waals surface area contributed by atoms with Crippen LogP contribution in [0.1, 0.15) is 18.4 Å². The second-order valence-electron chi connectivity index (χ2n) is 8.81. The summed E-state index contributed by atoms with van der Waals surface area (Å²) in [7, 11) is 2.02. The van der Waals surface area contributed by atoms with Crippen molar-refractivity contribution in [3.05, 3.63) is 72.2 Å². The van der Waals surface area contributed by atoms with Gasteiger partial charge in [-0.1, -0.05) is 12.2 Å². The number of hydrogen-bond donors (Lipinski definition) is 1. The molecule has 2 aliphatic rings. The summed E-state index contributed by atoms with van der Waals surface area (Å²) in [5, 5.41) is 11.8. The lowest BCUT2D eigenvalue weighted by Gasteiger charge is -2.28. The second kappa shape index (κ2) is 7.38. The molecule has 1 aliphatic carbocycles. The number of pyridine rings is 2. The normalized spacial score (nSPS) is 19.0. The fraction of sp³-hybridized carbons (Fsp3) is 0.269. The molecular formula is C26H24N6. The zero-order chi connectivity index (χ0) is 21.7. The molecule has 0 amide bonds. The van der Waals surface area contributed by atoms with E-state index in [1.165, 1.54) is 22.1 Å². The van der Waals surface area contributed by atoms with Crippen molar-refractivity contribution in [1.82, 2.24) is 19.5 Å². The number of nitriles is 1. The van der Waals surface area contributed by atoms with E-state index in [0.717, 1.165) is 42.0 Å². The van der Waals surface area contributed by atoms with E-state index in [2.05, 4.69) is 63.6 Å². The Morgan fingerprint density at radius 3 is 3.00 bits per heavy atom. The summed E-state index contributed by atoms with van der Waals surface area (Å²) < 4.78 is 2.05. The number of fused-ring (bicyclic) bond motifs is 2. The van der Waals surface area contributed by atoms with E-state index < -0.39 is 0 Å². The predicted octanol–water partition coefficient (Wildman–Crippen LogP) is 4.83. The van der Waals surface area contributed by atoms with E-state index in [4.69, 9.17) is 4.98 Å². The van der Waals surface area contributed by atoms with Gasteiger partial charge in [-0.15, -0.1) is 0 Å². The highest BCUT2D eigenvalue weighted by Crippen LogP contribution is 2.41. The molecule has 2 unspecified atom stereocenters. The van der Waals surface area contributed by atoms with Gasteiger partial charge in [0.2, 0.25) is 0 Å². The molecule has 0 spiro atoms. The summed E-state index contributed by atoms with van der Waals surface area (Å²) in [6.45, 7) is 1.91. The fourth-order valence-electron chi connectivity index (χ4n) is 5.21. The summed E-state index contributed by atoms with van der Waals surface area (Å²) in [4.78, 5) is 14.9. The van der Waals surface area contributed by atoms with Crippen LogP contribution in [0, 0.1) is 23.2 Å². The number of nitrogens with one attached hydrogen (secondary N) is 1. The molecule has 0 saturated carbocycles. The van der Waals surface area contributed by atoms with Crippen molar-refractivity contribution in [1.29, 1.82) is 5.26 Å². The Labute approximate surface area is 186 Å². The van der Waals surface area contributed by atoms with Crippen LogP contribution >= 0.6 is 0 Å². The summed E-state index contributed by atoms with van der Waals surface area (Å²) in [5.74, 6) is 1.73. The highest BCUT2D eigenvalue weighted by atomic mass is 15.2. The van der Waals surface area contributed by atoms with Crippen LogP contribution in [0.25, 0.3) is 27.6 Å². The lowest BCUT2D eigenvalue weighted by molar-refractivity contribution is 0.423.